The van der Waals surface area contributed by atoms with E-state index < -0.39 is 158 Å². The van der Waals surface area contributed by atoms with Crippen molar-refractivity contribution in [2.75, 3.05) is 32.8 Å². The highest BCUT2D eigenvalue weighted by molar-refractivity contribution is 5.99. The van der Waals surface area contributed by atoms with Crippen molar-refractivity contribution in [2.24, 2.45) is 39.8 Å². The molecule has 0 fully saturated rings. The summed E-state index contributed by atoms with van der Waals surface area (Å²) in [5, 5.41) is 45.7. The molecule has 0 aromatic heterocycles. The lowest BCUT2D eigenvalue weighted by atomic mass is 9.96. The van der Waals surface area contributed by atoms with E-state index in [-0.39, 0.29) is 44.7 Å². The van der Waals surface area contributed by atoms with Gasteiger partial charge in [-0.05, 0) is 88.8 Å². The van der Waals surface area contributed by atoms with E-state index in [1.807, 2.05) is 6.92 Å². The zero-order valence-corrected chi connectivity index (χ0v) is 43.7. The molecule has 0 heterocycles. The van der Waals surface area contributed by atoms with Crippen LogP contribution in [0.1, 0.15) is 113 Å². The van der Waals surface area contributed by atoms with Gasteiger partial charge in [-0.15, -0.1) is 0 Å². The van der Waals surface area contributed by atoms with Gasteiger partial charge < -0.3 is 80.2 Å². The molecule has 8 atom stereocenters. The van der Waals surface area contributed by atoms with Crippen molar-refractivity contribution in [1.82, 2.24) is 37.2 Å². The zero-order chi connectivity index (χ0) is 57.1. The summed E-state index contributed by atoms with van der Waals surface area (Å²) >= 11 is 0. The van der Waals surface area contributed by atoms with E-state index in [0.29, 0.717) is 29.5 Å². The van der Waals surface area contributed by atoms with Crippen LogP contribution in [-0.2, 0) is 52.7 Å². The van der Waals surface area contributed by atoms with Gasteiger partial charge in [0.05, 0.1) is 37.2 Å². The molecule has 420 valence electrons. The van der Waals surface area contributed by atoms with Crippen molar-refractivity contribution in [3.8, 4) is 0 Å². The van der Waals surface area contributed by atoms with Crippen LogP contribution in [0.25, 0.3) is 0 Å². The number of carbonyl (C=O) groups excluding carboxylic acids is 9. The molecule has 0 bridgehead atoms. The summed E-state index contributed by atoms with van der Waals surface area (Å²) in [5.74, 6) is -12.4. The van der Waals surface area contributed by atoms with E-state index in [9.17, 15) is 63.0 Å². The Hall–Kier alpha value is -7.26. The van der Waals surface area contributed by atoms with Gasteiger partial charge in [-0.3, -0.25) is 52.9 Å². The fraction of sp³-hybridized carbons (Fsp3) is 0.625. The first kappa shape index (κ1) is 65.8. The van der Waals surface area contributed by atoms with Gasteiger partial charge in [0.25, 0.3) is 0 Å². The van der Waals surface area contributed by atoms with Gasteiger partial charge in [0.1, 0.15) is 30.2 Å². The number of hydrogen-bond donors (Lipinski definition) is 14. The predicted octanol–water partition coefficient (Wildman–Crippen LogP) is -3.09. The van der Waals surface area contributed by atoms with Gasteiger partial charge >= 0.3 is 17.9 Å². The van der Waals surface area contributed by atoms with Crippen molar-refractivity contribution < 1.29 is 72.8 Å². The van der Waals surface area contributed by atoms with Crippen LogP contribution in [-0.4, -0.2) is 161 Å². The van der Waals surface area contributed by atoms with Crippen LogP contribution >= 0.6 is 0 Å². The summed E-state index contributed by atoms with van der Waals surface area (Å²) < 4.78 is 5.34. The van der Waals surface area contributed by atoms with Crippen molar-refractivity contribution in [3.05, 3.63) is 34.4 Å². The van der Waals surface area contributed by atoms with E-state index in [0.717, 1.165) is 5.56 Å². The molecule has 0 spiro atoms. The second-order valence-electron chi connectivity index (χ2n) is 18.5. The number of aliphatic carboxylic acids is 2. The van der Waals surface area contributed by atoms with Crippen molar-refractivity contribution >= 4 is 71.0 Å². The first-order valence-corrected chi connectivity index (χ1v) is 24.6. The Morgan fingerprint density at radius 1 is 0.667 bits per heavy atom. The SMILES string of the molecule is CCC(C)C(NC(=O)C(CO)NC(=O)C(CCCCN)NC(=O)C(N)CC(=O)O)C(=O)NC(CCC(=O)O)C(=O)NC(C(=O)NCC(=O)NC(CCCN=C(N)N)C(=O)COC(=O)c1c(C)cc(C)cc1C)C(C)C. The number of ether oxygens (including phenoxy) is 1. The molecule has 75 heavy (non-hydrogen) atoms. The number of unbranched alkanes of at least 4 members (excludes halogenated alkanes) is 1. The standard InChI is InChI=1S/C48H78N12O15/c1-8-26(5)40(60-44(71)33(22-61)58-42(69)31(12-9-10-16-49)56-41(68)29(50)20-37(66)67)46(73)57-32(14-15-36(64)65)43(70)59-39(24(2)3)45(72)54-21-35(63)55-30(13-11-17-53-48(51)52)34(62)23-75-47(74)38-27(6)18-25(4)19-28(38)7/h18-19,24,26,29-33,39-40,61H,8-17,20-23,49-50H2,1-7H3,(H,54,72)(H,55,63)(H,56,68)(H,57,73)(H,58,69)(H,59,70)(H,60,71)(H,64,65)(H,66,67)(H4,51,52,53). The van der Waals surface area contributed by atoms with Gasteiger partial charge in [-0.2, -0.15) is 0 Å². The first-order chi connectivity index (χ1) is 35.2. The topological polar surface area (TPSA) is 458 Å². The number of rotatable bonds is 35. The number of aliphatic hydroxyl groups is 1. The molecule has 0 aliphatic rings. The second kappa shape index (κ2) is 33.5. The molecule has 7 amide bonds. The monoisotopic (exact) mass is 1060 g/mol. The fourth-order valence-electron chi connectivity index (χ4n) is 7.48. The maximum atomic E-state index is 13.9. The van der Waals surface area contributed by atoms with Crippen LogP contribution in [0.3, 0.4) is 0 Å². The number of guanidine groups is 1. The Balaban J connectivity index is 3.23. The molecular weight excluding hydrogens is 985 g/mol. The summed E-state index contributed by atoms with van der Waals surface area (Å²) in [6.45, 7) is 9.60. The lowest BCUT2D eigenvalue weighted by Crippen LogP contribution is -2.61. The van der Waals surface area contributed by atoms with Crippen LogP contribution < -0.4 is 60.2 Å². The number of carbonyl (C=O) groups is 11. The molecule has 1 aromatic rings. The molecule has 8 unspecified atom stereocenters. The third-order valence-corrected chi connectivity index (χ3v) is 11.8. The minimum atomic E-state index is -1.71. The second-order valence-corrected chi connectivity index (χ2v) is 18.5. The van der Waals surface area contributed by atoms with Gasteiger partial charge in [-0.1, -0.05) is 51.8 Å². The average Bonchev–Trinajstić information content (AvgIpc) is 3.32. The van der Waals surface area contributed by atoms with Gasteiger partial charge in [-0.25, -0.2) is 4.79 Å². The molecule has 0 radical (unpaired) electrons. The number of aliphatic hydroxyl groups excluding tert-OH is 1. The number of esters is 1. The van der Waals surface area contributed by atoms with E-state index in [4.69, 9.17) is 32.8 Å². The van der Waals surface area contributed by atoms with Crippen molar-refractivity contribution in [2.45, 2.75) is 149 Å². The number of Topliss-reactive ketones (excluding diaryl/α,β-unsaturated/α-hetero) is 1. The molecule has 1 aromatic carbocycles. The maximum Gasteiger partial charge on any atom is 0.339 e. The Morgan fingerprint density at radius 2 is 1.21 bits per heavy atom. The molecule has 27 nitrogen and oxygen atoms in total. The maximum absolute atomic E-state index is 13.9. The quantitative estimate of drug-likeness (QED) is 0.0139. The van der Waals surface area contributed by atoms with Crippen molar-refractivity contribution in [1.29, 1.82) is 0 Å². The first-order valence-electron chi connectivity index (χ1n) is 24.6. The number of aryl methyl sites for hydroxylation is 3. The number of nitrogens with two attached hydrogens (primary N) is 4. The molecule has 1 rings (SSSR count). The molecule has 0 aliphatic carbocycles. The average molecular weight is 1060 g/mol. The molecule has 0 aliphatic heterocycles. The van der Waals surface area contributed by atoms with Crippen LogP contribution in [0.15, 0.2) is 17.1 Å². The van der Waals surface area contributed by atoms with E-state index in [2.05, 4.69) is 42.2 Å². The van der Waals surface area contributed by atoms with Gasteiger partial charge in [0.15, 0.2) is 18.3 Å². The molecule has 0 saturated carbocycles. The molecule has 0 saturated heterocycles. The summed E-state index contributed by atoms with van der Waals surface area (Å²) in [6, 6.07) is -6.65. The third kappa shape index (κ3) is 24.1. The lowest BCUT2D eigenvalue weighted by Gasteiger charge is -2.29. The summed E-state index contributed by atoms with van der Waals surface area (Å²) in [5.41, 5.74) is 24.5. The molecule has 18 N–H and O–H groups in total. The summed E-state index contributed by atoms with van der Waals surface area (Å²) in [4.78, 5) is 147. The predicted molar refractivity (Wildman–Crippen MR) is 272 cm³/mol. The minimum absolute atomic E-state index is 0.00968. The highest BCUT2D eigenvalue weighted by Gasteiger charge is 2.36. The van der Waals surface area contributed by atoms with Gasteiger partial charge in [0.2, 0.25) is 41.4 Å². The number of carboxylic acid groups (broad SMARTS) is 2. The third-order valence-electron chi connectivity index (χ3n) is 11.8. The zero-order valence-electron chi connectivity index (χ0n) is 43.7. The van der Waals surface area contributed by atoms with Crippen LogP contribution in [0.4, 0.5) is 0 Å². The highest BCUT2D eigenvalue weighted by atomic mass is 16.5. The smallest absolute Gasteiger partial charge is 0.339 e. The Labute approximate surface area is 435 Å². The number of aliphatic imine (C=N–C) groups is 1. The normalized spacial score (nSPS) is 14.2. The number of nitrogens with zero attached hydrogens (tertiary/aromatic N) is 1. The minimum Gasteiger partial charge on any atom is -0.481 e. The van der Waals surface area contributed by atoms with Crippen LogP contribution in [0.2, 0.25) is 0 Å². The van der Waals surface area contributed by atoms with Gasteiger partial charge in [0, 0.05) is 13.0 Å². The van der Waals surface area contributed by atoms with Crippen LogP contribution in [0.5, 0.6) is 0 Å². The van der Waals surface area contributed by atoms with E-state index in [1.165, 1.54) is 0 Å². The summed E-state index contributed by atoms with van der Waals surface area (Å²) in [7, 11) is 0. The summed E-state index contributed by atoms with van der Waals surface area (Å²) in [6.07, 6.45) is -0.665. The van der Waals surface area contributed by atoms with E-state index >= 15 is 0 Å². The molecular formula is C48H78N12O15. The number of hydrogen-bond acceptors (Lipinski definition) is 16. The highest BCUT2D eigenvalue weighted by Crippen LogP contribution is 2.18. The van der Waals surface area contributed by atoms with E-state index in [1.54, 1.807) is 53.7 Å². The Bertz CT molecular complexity index is 2180. The molecule has 27 heteroatoms. The fourth-order valence-corrected chi connectivity index (χ4v) is 7.48. The number of nitrogens with one attached hydrogen (secondary N) is 7. The Kier molecular flexibility index (Phi) is 29.4. The number of amides is 7. The largest absolute Gasteiger partial charge is 0.481 e. The number of ketones is 1. The van der Waals surface area contributed by atoms with Crippen LogP contribution in [0, 0.1) is 32.6 Å². The van der Waals surface area contributed by atoms with Crippen molar-refractivity contribution in [3.63, 3.8) is 0 Å². The number of carboxylic acids is 2. The Morgan fingerprint density at radius 3 is 1.76 bits per heavy atom. The number of benzene rings is 1. The lowest BCUT2D eigenvalue weighted by molar-refractivity contribution is -0.140.